The monoisotopic (exact) mass is 353 g/mol. The van der Waals surface area contributed by atoms with E-state index >= 15 is 0 Å². The van der Waals surface area contributed by atoms with Gasteiger partial charge in [-0.2, -0.15) is 0 Å². The Bertz CT molecular complexity index is 782. The van der Waals surface area contributed by atoms with E-state index in [9.17, 15) is 9.59 Å². The number of hydrogen-bond donors (Lipinski definition) is 2. The summed E-state index contributed by atoms with van der Waals surface area (Å²) < 4.78 is 0. The van der Waals surface area contributed by atoms with E-state index in [0.717, 1.165) is 6.54 Å². The van der Waals surface area contributed by atoms with Gasteiger partial charge in [0.05, 0.1) is 12.5 Å². The first-order valence-corrected chi connectivity index (χ1v) is 9.29. The van der Waals surface area contributed by atoms with Gasteiger partial charge in [0.25, 0.3) is 0 Å². The normalized spacial score (nSPS) is 18.1. The van der Waals surface area contributed by atoms with Crippen molar-refractivity contribution < 1.29 is 9.59 Å². The Morgan fingerprint density at radius 3 is 2.81 bits per heavy atom. The van der Waals surface area contributed by atoms with Crippen LogP contribution in [0.4, 0.5) is 0 Å². The first kappa shape index (κ1) is 18.4. The van der Waals surface area contributed by atoms with Crippen LogP contribution in [-0.4, -0.2) is 42.4 Å². The third-order valence-corrected chi connectivity index (χ3v) is 4.78. The Kier molecular flexibility index (Phi) is 5.89. The second-order valence-electron chi connectivity index (χ2n) is 7.32. The first-order valence-electron chi connectivity index (χ1n) is 9.29. The average Bonchev–Trinajstić information content (AvgIpc) is 2.63. The number of rotatable bonds is 6. The van der Waals surface area contributed by atoms with Crippen molar-refractivity contribution in [2.45, 2.75) is 32.9 Å². The average molecular weight is 353 g/mol. The smallest absolute Gasteiger partial charge is 0.237 e. The highest BCUT2D eigenvalue weighted by Crippen LogP contribution is 2.22. The van der Waals surface area contributed by atoms with E-state index in [1.54, 1.807) is 0 Å². The molecule has 0 radical (unpaired) electrons. The second kappa shape index (κ2) is 8.32. The molecule has 1 aliphatic heterocycles. The maximum atomic E-state index is 12.4. The van der Waals surface area contributed by atoms with Gasteiger partial charge in [-0.15, -0.1) is 0 Å². The molecule has 1 heterocycles. The molecule has 1 saturated heterocycles. The first-order chi connectivity index (χ1) is 12.5. The van der Waals surface area contributed by atoms with Crippen molar-refractivity contribution in [3.8, 4) is 0 Å². The van der Waals surface area contributed by atoms with Crippen LogP contribution >= 0.6 is 0 Å². The number of amides is 2. The Labute approximate surface area is 154 Å². The van der Waals surface area contributed by atoms with Gasteiger partial charge in [0.1, 0.15) is 0 Å². The van der Waals surface area contributed by atoms with Gasteiger partial charge in [0.15, 0.2) is 0 Å². The lowest BCUT2D eigenvalue weighted by Crippen LogP contribution is -2.56. The summed E-state index contributed by atoms with van der Waals surface area (Å²) in [6, 6.07) is 14.1. The zero-order valence-electron chi connectivity index (χ0n) is 15.5. The number of nitrogens with one attached hydrogen (secondary N) is 2. The van der Waals surface area contributed by atoms with E-state index in [0.29, 0.717) is 25.6 Å². The number of hydrogen-bond acceptors (Lipinski definition) is 3. The fourth-order valence-corrected chi connectivity index (χ4v) is 3.39. The molecule has 26 heavy (non-hydrogen) atoms. The topological polar surface area (TPSA) is 61.4 Å². The quantitative estimate of drug-likeness (QED) is 0.838. The summed E-state index contributed by atoms with van der Waals surface area (Å²) in [7, 11) is 0. The molecular weight excluding hydrogens is 326 g/mol. The number of fused-ring (bicyclic) bond motifs is 1. The van der Waals surface area contributed by atoms with Gasteiger partial charge in [-0.05, 0) is 22.3 Å². The number of carbonyl (C=O) groups excluding carboxylic acids is 2. The molecule has 0 aromatic heterocycles. The minimum Gasteiger partial charge on any atom is -0.356 e. The minimum absolute atomic E-state index is 0.0591. The van der Waals surface area contributed by atoms with Crippen LogP contribution in [0.1, 0.15) is 25.8 Å². The lowest BCUT2D eigenvalue weighted by atomic mass is 10.0. The fourth-order valence-electron chi connectivity index (χ4n) is 3.39. The largest absolute Gasteiger partial charge is 0.356 e. The highest BCUT2D eigenvalue weighted by atomic mass is 16.2. The van der Waals surface area contributed by atoms with Crippen LogP contribution in [0.2, 0.25) is 0 Å². The van der Waals surface area contributed by atoms with Gasteiger partial charge >= 0.3 is 0 Å². The molecule has 2 aromatic carbocycles. The van der Waals surface area contributed by atoms with Crippen molar-refractivity contribution in [3.05, 3.63) is 48.0 Å². The molecule has 5 heteroatoms. The summed E-state index contributed by atoms with van der Waals surface area (Å²) in [4.78, 5) is 26.8. The van der Waals surface area contributed by atoms with Gasteiger partial charge in [0, 0.05) is 26.2 Å². The Hall–Kier alpha value is -2.40. The summed E-state index contributed by atoms with van der Waals surface area (Å²) in [5.74, 6) is 0.269. The highest BCUT2D eigenvalue weighted by molar-refractivity contribution is 5.89. The van der Waals surface area contributed by atoms with Gasteiger partial charge in [-0.25, -0.2) is 0 Å². The summed E-state index contributed by atoms with van der Waals surface area (Å²) >= 11 is 0. The summed E-state index contributed by atoms with van der Waals surface area (Å²) in [5, 5.41) is 8.20. The predicted octanol–water partition coefficient (Wildman–Crippen LogP) is 2.30. The molecule has 1 fully saturated rings. The number of nitrogens with zero attached hydrogens (tertiary/aromatic N) is 1. The van der Waals surface area contributed by atoms with Crippen molar-refractivity contribution in [1.29, 1.82) is 0 Å². The molecular formula is C21H27N3O2. The molecule has 2 aromatic rings. The lowest BCUT2D eigenvalue weighted by molar-refractivity contribution is -0.134. The Morgan fingerprint density at radius 2 is 2.00 bits per heavy atom. The van der Waals surface area contributed by atoms with Crippen LogP contribution in [0, 0.1) is 5.92 Å². The van der Waals surface area contributed by atoms with Gasteiger partial charge in [-0.3, -0.25) is 14.5 Å². The molecule has 138 valence electrons. The third kappa shape index (κ3) is 4.41. The van der Waals surface area contributed by atoms with Crippen LogP contribution in [-0.2, 0) is 16.1 Å². The lowest BCUT2D eigenvalue weighted by Gasteiger charge is -2.35. The molecule has 1 unspecified atom stereocenters. The van der Waals surface area contributed by atoms with Crippen LogP contribution < -0.4 is 10.6 Å². The van der Waals surface area contributed by atoms with Crippen molar-refractivity contribution in [1.82, 2.24) is 15.5 Å². The van der Waals surface area contributed by atoms with Crippen LogP contribution in [0.25, 0.3) is 10.8 Å². The maximum absolute atomic E-state index is 12.4. The van der Waals surface area contributed by atoms with Crippen molar-refractivity contribution in [3.63, 3.8) is 0 Å². The van der Waals surface area contributed by atoms with Gasteiger partial charge < -0.3 is 10.6 Å². The van der Waals surface area contributed by atoms with Crippen LogP contribution in [0.15, 0.2) is 42.5 Å². The SMILES string of the molecule is CC(C)CNC(=O)CC1C(=O)NCCN1Cc1cccc2ccccc12. The standard InChI is InChI=1S/C21H27N3O2/c1-15(2)13-23-20(25)12-19-21(26)22-10-11-24(19)14-17-8-5-7-16-6-3-4-9-18(16)17/h3-9,15,19H,10-14H2,1-2H3,(H,22,26)(H,23,25). The molecule has 0 aliphatic carbocycles. The molecule has 0 bridgehead atoms. The third-order valence-electron chi connectivity index (χ3n) is 4.78. The van der Waals surface area contributed by atoms with Crippen LogP contribution in [0.5, 0.6) is 0 Å². The second-order valence-corrected chi connectivity index (χ2v) is 7.32. The summed E-state index contributed by atoms with van der Waals surface area (Å²) in [6.45, 7) is 6.78. The number of benzene rings is 2. The number of carbonyl (C=O) groups is 2. The Morgan fingerprint density at radius 1 is 1.23 bits per heavy atom. The molecule has 0 saturated carbocycles. The van der Waals surface area contributed by atoms with E-state index in [-0.39, 0.29) is 18.2 Å². The van der Waals surface area contributed by atoms with Crippen molar-refractivity contribution in [2.75, 3.05) is 19.6 Å². The van der Waals surface area contributed by atoms with E-state index in [4.69, 9.17) is 0 Å². The molecule has 1 atom stereocenters. The zero-order chi connectivity index (χ0) is 18.5. The summed E-state index contributed by atoms with van der Waals surface area (Å²) in [5.41, 5.74) is 1.19. The Balaban J connectivity index is 1.75. The molecule has 1 aliphatic rings. The molecule has 3 rings (SSSR count). The predicted molar refractivity (Wildman–Crippen MR) is 104 cm³/mol. The van der Waals surface area contributed by atoms with E-state index < -0.39 is 6.04 Å². The molecule has 5 nitrogen and oxygen atoms in total. The van der Waals surface area contributed by atoms with Crippen LogP contribution in [0.3, 0.4) is 0 Å². The maximum Gasteiger partial charge on any atom is 0.237 e. The van der Waals surface area contributed by atoms with Crippen molar-refractivity contribution >= 4 is 22.6 Å². The van der Waals surface area contributed by atoms with E-state index in [2.05, 4.69) is 53.6 Å². The van der Waals surface area contributed by atoms with Gasteiger partial charge in [-0.1, -0.05) is 56.3 Å². The van der Waals surface area contributed by atoms with Gasteiger partial charge in [0.2, 0.25) is 11.8 Å². The van der Waals surface area contributed by atoms with E-state index in [1.165, 1.54) is 16.3 Å². The van der Waals surface area contributed by atoms with E-state index in [1.807, 2.05) is 18.2 Å². The number of piperazine rings is 1. The molecule has 0 spiro atoms. The highest BCUT2D eigenvalue weighted by Gasteiger charge is 2.31. The van der Waals surface area contributed by atoms with Crippen molar-refractivity contribution in [2.24, 2.45) is 5.92 Å². The zero-order valence-corrected chi connectivity index (χ0v) is 15.5. The minimum atomic E-state index is -0.421. The molecule has 2 amide bonds. The fraction of sp³-hybridized carbons (Fsp3) is 0.429. The molecule has 2 N–H and O–H groups in total. The summed E-state index contributed by atoms with van der Waals surface area (Å²) in [6.07, 6.45) is 0.198.